The van der Waals surface area contributed by atoms with Gasteiger partial charge in [0.05, 0.1) is 39.9 Å². The number of nitrogens with two attached hydrogens (primary N) is 1. The van der Waals surface area contributed by atoms with Crippen LogP contribution in [0.25, 0.3) is 11.3 Å². The van der Waals surface area contributed by atoms with Gasteiger partial charge in [-0.1, -0.05) is 43.5 Å². The molecule has 2 aromatic carbocycles. The summed E-state index contributed by atoms with van der Waals surface area (Å²) in [7, 11) is 0.311. The molecule has 1 fully saturated rings. The number of aliphatic hydroxyl groups is 1. The summed E-state index contributed by atoms with van der Waals surface area (Å²) in [4.78, 5) is 24.4. The van der Waals surface area contributed by atoms with Crippen molar-refractivity contribution in [2.24, 2.45) is 0 Å². The van der Waals surface area contributed by atoms with Crippen LogP contribution in [0.5, 0.6) is 5.75 Å². The number of sulfone groups is 1. The zero-order valence-corrected chi connectivity index (χ0v) is 25.0. The number of para-hydroxylation sites is 1. The number of rotatable bonds is 2. The molecule has 11 heteroatoms. The molecular formula is C31H39N5O5S. The zero-order valence-electron chi connectivity index (χ0n) is 24.2. The minimum absolute atomic E-state index is 0.0222. The second kappa shape index (κ2) is 12.4. The smallest absolute Gasteiger partial charge is 0.278 e. The summed E-state index contributed by atoms with van der Waals surface area (Å²) in [6.07, 6.45) is 6.11. The molecule has 1 aromatic heterocycles. The van der Waals surface area contributed by atoms with E-state index in [-0.39, 0.29) is 22.8 Å². The highest BCUT2D eigenvalue weighted by atomic mass is 32.2. The first-order valence-corrected chi connectivity index (χ1v) is 15.9. The topological polar surface area (TPSA) is 148 Å². The van der Waals surface area contributed by atoms with Crippen LogP contribution in [0, 0.1) is 0 Å². The van der Waals surface area contributed by atoms with E-state index < -0.39 is 26.6 Å². The Bertz CT molecular complexity index is 1540. The predicted molar refractivity (Wildman–Crippen MR) is 162 cm³/mol. The van der Waals surface area contributed by atoms with E-state index in [2.05, 4.69) is 15.3 Å². The van der Waals surface area contributed by atoms with E-state index in [9.17, 15) is 18.3 Å². The summed E-state index contributed by atoms with van der Waals surface area (Å²) in [5.41, 5.74) is 8.47. The predicted octanol–water partition coefficient (Wildman–Crippen LogP) is 4.44. The Hall–Kier alpha value is -3.54. The largest absolute Gasteiger partial charge is 0.491 e. The van der Waals surface area contributed by atoms with Crippen molar-refractivity contribution >= 4 is 27.2 Å². The van der Waals surface area contributed by atoms with Crippen molar-refractivity contribution in [2.75, 3.05) is 31.8 Å². The molecule has 42 heavy (non-hydrogen) atoms. The van der Waals surface area contributed by atoms with Gasteiger partial charge in [-0.3, -0.25) is 4.79 Å². The highest BCUT2D eigenvalue weighted by molar-refractivity contribution is 7.93. The lowest BCUT2D eigenvalue weighted by Gasteiger charge is -2.21. The Labute approximate surface area is 247 Å². The van der Waals surface area contributed by atoms with Crippen LogP contribution in [0.4, 0.5) is 11.5 Å². The van der Waals surface area contributed by atoms with Crippen molar-refractivity contribution in [3.05, 3.63) is 59.9 Å². The molecule has 4 bridgehead atoms. The normalized spacial score (nSPS) is 20.6. The molecule has 1 aliphatic carbocycles. The van der Waals surface area contributed by atoms with E-state index in [0.29, 0.717) is 55.1 Å². The summed E-state index contributed by atoms with van der Waals surface area (Å²) in [6.45, 7) is 1.09. The molecule has 1 amide bonds. The molecule has 1 atom stereocenters. The van der Waals surface area contributed by atoms with Gasteiger partial charge in [0.15, 0.2) is 21.3 Å². The van der Waals surface area contributed by atoms with Gasteiger partial charge in [-0.05, 0) is 64.4 Å². The quantitative estimate of drug-likeness (QED) is 0.392. The van der Waals surface area contributed by atoms with Crippen LogP contribution in [0.15, 0.2) is 53.6 Å². The number of nitrogens with zero attached hydrogens (tertiary/aromatic N) is 3. The second-order valence-electron chi connectivity index (χ2n) is 11.6. The molecule has 1 saturated carbocycles. The molecule has 3 aliphatic rings. The van der Waals surface area contributed by atoms with Crippen LogP contribution < -0.4 is 15.8 Å². The van der Waals surface area contributed by atoms with E-state index in [0.717, 1.165) is 31.2 Å². The van der Waals surface area contributed by atoms with Crippen molar-refractivity contribution in [1.29, 1.82) is 0 Å². The van der Waals surface area contributed by atoms with Gasteiger partial charge in [0.25, 0.3) is 5.91 Å². The average Bonchev–Trinajstić information content (AvgIpc) is 3.74. The second-order valence-corrected chi connectivity index (χ2v) is 13.9. The molecule has 6 rings (SSSR count). The van der Waals surface area contributed by atoms with Crippen molar-refractivity contribution < 1.29 is 23.1 Å². The number of nitrogen functional groups attached to an aromatic ring is 1. The number of carbonyl (C=O) groups excluding carboxylic acids is 1. The molecule has 1 spiro atoms. The van der Waals surface area contributed by atoms with Crippen LogP contribution in [0.2, 0.25) is 0 Å². The van der Waals surface area contributed by atoms with Gasteiger partial charge in [0, 0.05) is 17.7 Å². The number of fused-ring (bicyclic) bond motifs is 11. The maximum Gasteiger partial charge on any atom is 0.278 e. The maximum atomic E-state index is 13.5. The Kier molecular flexibility index (Phi) is 8.81. The fourth-order valence-corrected chi connectivity index (χ4v) is 7.57. The molecule has 4 N–H and O–H groups in total. The lowest BCUT2D eigenvalue weighted by Crippen LogP contribution is -2.28. The van der Waals surface area contributed by atoms with Crippen molar-refractivity contribution in [3.8, 4) is 17.0 Å². The number of anilines is 2. The van der Waals surface area contributed by atoms with Gasteiger partial charge in [-0.25, -0.2) is 18.4 Å². The molecular weight excluding hydrogens is 554 g/mol. The number of amides is 1. The number of hydrogen-bond acceptors (Lipinski definition) is 9. The molecule has 0 radical (unpaired) electrons. The summed E-state index contributed by atoms with van der Waals surface area (Å²) >= 11 is 0. The highest BCUT2D eigenvalue weighted by Gasteiger charge is 2.55. The van der Waals surface area contributed by atoms with E-state index in [1.807, 2.05) is 31.1 Å². The van der Waals surface area contributed by atoms with Gasteiger partial charge in [0.2, 0.25) is 0 Å². The fourth-order valence-electron chi connectivity index (χ4n) is 5.52. The first-order chi connectivity index (χ1) is 20.1. The number of nitrogens with one attached hydrogen (secondary N) is 1. The van der Waals surface area contributed by atoms with Crippen molar-refractivity contribution in [2.45, 2.75) is 73.7 Å². The van der Waals surface area contributed by atoms with Gasteiger partial charge in [-0.15, -0.1) is 0 Å². The van der Waals surface area contributed by atoms with Gasteiger partial charge < -0.3 is 25.8 Å². The molecule has 3 aromatic rings. The molecule has 1 unspecified atom stereocenters. The van der Waals surface area contributed by atoms with Gasteiger partial charge in [-0.2, -0.15) is 0 Å². The number of ether oxygens (including phenoxy) is 1. The zero-order chi connectivity index (χ0) is 29.9. The van der Waals surface area contributed by atoms with Crippen LogP contribution >= 0.6 is 0 Å². The number of hydrogen-bond donors (Lipinski definition) is 3. The number of aliphatic hydroxyl groups excluding tert-OH is 1. The fraction of sp³-hybridized carbons (Fsp3) is 0.452. The molecule has 10 nitrogen and oxygen atoms in total. The Balaban J connectivity index is 1.49. The lowest BCUT2D eigenvalue weighted by atomic mass is 10.0. The number of benzene rings is 2. The van der Waals surface area contributed by atoms with E-state index in [1.165, 1.54) is 6.20 Å². The summed E-state index contributed by atoms with van der Waals surface area (Å²) in [6, 6.07) is 12.0. The molecule has 3 heterocycles. The lowest BCUT2D eigenvalue weighted by molar-refractivity contribution is 0.102. The highest BCUT2D eigenvalue weighted by Crippen LogP contribution is 2.50. The molecule has 224 valence electrons. The Morgan fingerprint density at radius 2 is 1.83 bits per heavy atom. The first-order valence-electron chi connectivity index (χ1n) is 14.5. The Morgan fingerprint density at radius 3 is 2.55 bits per heavy atom. The third kappa shape index (κ3) is 6.43. The average molecular weight is 594 g/mol. The van der Waals surface area contributed by atoms with E-state index in [4.69, 9.17) is 10.5 Å². The van der Waals surface area contributed by atoms with Crippen molar-refractivity contribution in [1.82, 2.24) is 14.9 Å². The maximum absolute atomic E-state index is 13.5. The standard InChI is InChI=1S/C31H39N5O5S/c1-36(2)20-22-8-7-10-25-28(22)41-17-6-4-3-5-9-23(37)18-31(15-16-31)42(39,40)24-13-11-21(12-14-24)26-19-33-29(32)27(34-26)30(38)35-25/h7-8,10-14,19,23,37H,3-6,9,15-18,20H2,1-2H3,(H2,32,33)(H,35,38). The van der Waals surface area contributed by atoms with E-state index >= 15 is 0 Å². The summed E-state index contributed by atoms with van der Waals surface area (Å²) in [5.74, 6) is 0.0571. The third-order valence-corrected chi connectivity index (χ3v) is 10.6. The van der Waals surface area contributed by atoms with Crippen LogP contribution in [0.1, 0.15) is 67.4 Å². The van der Waals surface area contributed by atoms with Crippen LogP contribution in [-0.2, 0) is 16.4 Å². The van der Waals surface area contributed by atoms with Gasteiger partial charge in [0.1, 0.15) is 5.75 Å². The molecule has 2 aliphatic heterocycles. The van der Waals surface area contributed by atoms with Crippen LogP contribution in [0.3, 0.4) is 0 Å². The third-order valence-electron chi connectivity index (χ3n) is 7.97. The first kappa shape index (κ1) is 29.9. The number of aromatic nitrogens is 2. The summed E-state index contributed by atoms with van der Waals surface area (Å²) in [5, 5.41) is 13.6. The van der Waals surface area contributed by atoms with Crippen molar-refractivity contribution in [3.63, 3.8) is 0 Å². The van der Waals surface area contributed by atoms with Crippen LogP contribution in [-0.4, -0.2) is 65.9 Å². The van der Waals surface area contributed by atoms with E-state index in [1.54, 1.807) is 30.3 Å². The SMILES string of the molecule is CN(C)Cc1cccc2c1OCCCCCCC(O)CC1(CC1)S(=O)(=O)c1ccc(cc1)-c1cnc(N)c(n1)C(=O)N2. The number of carbonyl (C=O) groups is 1. The van der Waals surface area contributed by atoms with Gasteiger partial charge >= 0.3 is 0 Å². The minimum Gasteiger partial charge on any atom is -0.491 e. The monoisotopic (exact) mass is 593 g/mol. The Morgan fingerprint density at radius 1 is 1.10 bits per heavy atom. The summed E-state index contributed by atoms with van der Waals surface area (Å²) < 4.78 is 32.4. The molecule has 0 saturated heterocycles. The minimum atomic E-state index is -3.63.